The number of hydrogen-bond acceptors (Lipinski definition) is 3. The van der Waals surface area contributed by atoms with E-state index in [4.69, 9.17) is 4.74 Å². The van der Waals surface area contributed by atoms with Crippen LogP contribution >= 0.6 is 0 Å². The number of hydrogen-bond donors (Lipinski definition) is 1. The zero-order chi connectivity index (χ0) is 14.8. The van der Waals surface area contributed by atoms with Gasteiger partial charge in [0.25, 0.3) is 0 Å². The standard InChI is InChI=1S/C15H11F2N3O/c1-21-15-10(6-9(16)7-11(15)17)13-8-14(20-19-13)12-4-2-3-5-18-12/h2-8H,1H3,(H,19,20). The van der Waals surface area contributed by atoms with Gasteiger partial charge in [-0.3, -0.25) is 10.1 Å². The number of pyridine rings is 1. The van der Waals surface area contributed by atoms with Crippen LogP contribution in [-0.4, -0.2) is 22.3 Å². The van der Waals surface area contributed by atoms with Crippen LogP contribution in [0.15, 0.2) is 42.6 Å². The van der Waals surface area contributed by atoms with Crippen molar-refractivity contribution in [2.75, 3.05) is 7.11 Å². The second-order valence-electron chi connectivity index (χ2n) is 4.35. The molecule has 21 heavy (non-hydrogen) atoms. The molecule has 0 spiro atoms. The lowest BCUT2D eigenvalue weighted by molar-refractivity contribution is 0.386. The molecule has 0 aliphatic rings. The summed E-state index contributed by atoms with van der Waals surface area (Å²) in [6.07, 6.45) is 1.65. The van der Waals surface area contributed by atoms with E-state index in [-0.39, 0.29) is 11.3 Å². The number of methoxy groups -OCH3 is 1. The summed E-state index contributed by atoms with van der Waals surface area (Å²) in [6.45, 7) is 0. The van der Waals surface area contributed by atoms with Crippen molar-refractivity contribution in [3.05, 3.63) is 54.2 Å². The van der Waals surface area contributed by atoms with E-state index >= 15 is 0 Å². The zero-order valence-electron chi connectivity index (χ0n) is 11.1. The van der Waals surface area contributed by atoms with Crippen LogP contribution in [0.1, 0.15) is 0 Å². The molecule has 3 aromatic rings. The maximum absolute atomic E-state index is 13.7. The minimum absolute atomic E-state index is 0.0459. The molecule has 1 aromatic carbocycles. The predicted octanol–water partition coefficient (Wildman–Crippen LogP) is 3.43. The van der Waals surface area contributed by atoms with Crippen molar-refractivity contribution in [1.82, 2.24) is 15.2 Å². The molecule has 0 saturated carbocycles. The first kappa shape index (κ1) is 13.2. The summed E-state index contributed by atoms with van der Waals surface area (Å²) in [6, 6.07) is 9.06. The molecule has 2 heterocycles. The Hall–Kier alpha value is -2.76. The van der Waals surface area contributed by atoms with Gasteiger partial charge >= 0.3 is 0 Å². The molecule has 1 N–H and O–H groups in total. The minimum Gasteiger partial charge on any atom is -0.493 e. The second-order valence-corrected chi connectivity index (χ2v) is 4.35. The van der Waals surface area contributed by atoms with E-state index in [1.54, 1.807) is 24.4 Å². The molecule has 0 aliphatic carbocycles. The Kier molecular flexibility index (Phi) is 3.35. The van der Waals surface area contributed by atoms with Crippen LogP contribution in [-0.2, 0) is 0 Å². The summed E-state index contributed by atoms with van der Waals surface area (Å²) < 4.78 is 32.1. The average molecular weight is 287 g/mol. The van der Waals surface area contributed by atoms with E-state index in [9.17, 15) is 8.78 Å². The van der Waals surface area contributed by atoms with Crippen LogP contribution in [0.2, 0.25) is 0 Å². The first-order valence-electron chi connectivity index (χ1n) is 6.19. The monoisotopic (exact) mass is 287 g/mol. The van der Waals surface area contributed by atoms with Crippen molar-refractivity contribution in [3.8, 4) is 28.4 Å². The Labute approximate surface area is 119 Å². The van der Waals surface area contributed by atoms with Crippen LogP contribution in [0, 0.1) is 11.6 Å². The number of nitrogens with one attached hydrogen (secondary N) is 1. The van der Waals surface area contributed by atoms with Gasteiger partial charge in [0, 0.05) is 12.3 Å². The molecule has 2 aromatic heterocycles. The van der Waals surface area contributed by atoms with Gasteiger partial charge in [-0.25, -0.2) is 8.78 Å². The van der Waals surface area contributed by atoms with E-state index < -0.39 is 11.6 Å². The van der Waals surface area contributed by atoms with E-state index in [1.807, 2.05) is 6.07 Å². The van der Waals surface area contributed by atoms with Gasteiger partial charge in [0.05, 0.1) is 29.8 Å². The molecule has 0 bridgehead atoms. The number of aromatic amines is 1. The van der Waals surface area contributed by atoms with Gasteiger partial charge in [0.15, 0.2) is 11.6 Å². The maximum Gasteiger partial charge on any atom is 0.168 e. The number of H-pyrrole nitrogens is 1. The molecule has 0 aliphatic heterocycles. The van der Waals surface area contributed by atoms with Crippen molar-refractivity contribution < 1.29 is 13.5 Å². The van der Waals surface area contributed by atoms with Gasteiger partial charge < -0.3 is 4.74 Å². The molecule has 0 amide bonds. The summed E-state index contributed by atoms with van der Waals surface area (Å²) in [5.74, 6) is -1.50. The zero-order valence-corrected chi connectivity index (χ0v) is 11.1. The molecule has 0 radical (unpaired) electrons. The molecule has 3 rings (SSSR count). The van der Waals surface area contributed by atoms with Crippen LogP contribution in [0.3, 0.4) is 0 Å². The third-order valence-electron chi connectivity index (χ3n) is 3.01. The van der Waals surface area contributed by atoms with E-state index in [2.05, 4.69) is 15.2 Å². The summed E-state index contributed by atoms with van der Waals surface area (Å²) in [4.78, 5) is 4.18. The van der Waals surface area contributed by atoms with E-state index in [0.717, 1.165) is 6.07 Å². The second kappa shape index (κ2) is 5.32. The van der Waals surface area contributed by atoms with E-state index in [1.165, 1.54) is 13.2 Å². The normalized spacial score (nSPS) is 10.6. The molecular formula is C15H11F2N3O. The Morgan fingerprint density at radius 2 is 1.95 bits per heavy atom. The van der Waals surface area contributed by atoms with E-state index in [0.29, 0.717) is 17.1 Å². The summed E-state index contributed by atoms with van der Waals surface area (Å²) >= 11 is 0. The number of rotatable bonds is 3. The highest BCUT2D eigenvalue weighted by Gasteiger charge is 2.16. The average Bonchev–Trinajstić information content (AvgIpc) is 2.97. The Balaban J connectivity index is 2.09. The molecule has 0 atom stereocenters. The Morgan fingerprint density at radius 1 is 1.10 bits per heavy atom. The molecule has 0 fully saturated rings. The molecule has 4 nitrogen and oxygen atoms in total. The largest absolute Gasteiger partial charge is 0.493 e. The molecule has 0 unspecified atom stereocenters. The minimum atomic E-state index is -0.769. The first-order valence-corrected chi connectivity index (χ1v) is 6.19. The Bertz CT molecular complexity index is 772. The van der Waals surface area contributed by atoms with Crippen LogP contribution in [0.25, 0.3) is 22.6 Å². The van der Waals surface area contributed by atoms with Gasteiger partial charge in [0.1, 0.15) is 5.82 Å². The van der Waals surface area contributed by atoms with Crippen molar-refractivity contribution in [3.63, 3.8) is 0 Å². The third-order valence-corrected chi connectivity index (χ3v) is 3.01. The van der Waals surface area contributed by atoms with Crippen molar-refractivity contribution in [2.45, 2.75) is 0 Å². The lowest BCUT2D eigenvalue weighted by Gasteiger charge is -2.07. The fraction of sp³-hybridized carbons (Fsp3) is 0.0667. The third kappa shape index (κ3) is 2.47. The highest BCUT2D eigenvalue weighted by Crippen LogP contribution is 2.33. The topological polar surface area (TPSA) is 50.8 Å². The number of benzene rings is 1. The van der Waals surface area contributed by atoms with Crippen molar-refractivity contribution in [2.24, 2.45) is 0 Å². The molecule has 6 heteroatoms. The van der Waals surface area contributed by atoms with Crippen LogP contribution < -0.4 is 4.74 Å². The summed E-state index contributed by atoms with van der Waals surface area (Å²) in [5.41, 5.74) is 1.96. The fourth-order valence-electron chi connectivity index (χ4n) is 2.07. The van der Waals surface area contributed by atoms with Gasteiger partial charge in [-0.2, -0.15) is 5.10 Å². The SMILES string of the molecule is COc1c(F)cc(F)cc1-c1cc(-c2ccccn2)[nH]n1. The Morgan fingerprint density at radius 3 is 2.67 bits per heavy atom. The quantitative estimate of drug-likeness (QED) is 0.803. The van der Waals surface area contributed by atoms with Crippen LogP contribution in [0.4, 0.5) is 8.78 Å². The van der Waals surface area contributed by atoms with Gasteiger partial charge in [-0.15, -0.1) is 0 Å². The lowest BCUT2D eigenvalue weighted by atomic mass is 10.1. The molecular weight excluding hydrogens is 276 g/mol. The highest BCUT2D eigenvalue weighted by atomic mass is 19.1. The number of halogens is 2. The predicted molar refractivity (Wildman–Crippen MR) is 73.7 cm³/mol. The number of ether oxygens (including phenoxy) is 1. The highest BCUT2D eigenvalue weighted by molar-refractivity contribution is 5.71. The van der Waals surface area contributed by atoms with Crippen LogP contribution in [0.5, 0.6) is 5.75 Å². The first-order chi connectivity index (χ1) is 10.2. The van der Waals surface area contributed by atoms with Gasteiger partial charge in [-0.1, -0.05) is 6.07 Å². The van der Waals surface area contributed by atoms with Crippen molar-refractivity contribution >= 4 is 0 Å². The summed E-state index contributed by atoms with van der Waals surface area (Å²) in [5, 5.41) is 6.87. The summed E-state index contributed by atoms with van der Waals surface area (Å²) in [7, 11) is 1.33. The maximum atomic E-state index is 13.7. The molecule has 106 valence electrons. The van der Waals surface area contributed by atoms with Gasteiger partial charge in [-0.05, 0) is 24.3 Å². The lowest BCUT2D eigenvalue weighted by Crippen LogP contribution is -1.94. The number of aromatic nitrogens is 3. The smallest absolute Gasteiger partial charge is 0.168 e. The van der Waals surface area contributed by atoms with Gasteiger partial charge in [0.2, 0.25) is 0 Å². The molecule has 0 saturated heterocycles. The van der Waals surface area contributed by atoms with Crippen molar-refractivity contribution in [1.29, 1.82) is 0 Å². The number of nitrogens with zero attached hydrogens (tertiary/aromatic N) is 2. The fourth-order valence-corrected chi connectivity index (χ4v) is 2.07.